The Morgan fingerprint density at radius 3 is 2.79 bits per heavy atom. The second-order valence-corrected chi connectivity index (χ2v) is 4.76. The summed E-state index contributed by atoms with van der Waals surface area (Å²) < 4.78 is 7.93. The van der Waals surface area contributed by atoms with Gasteiger partial charge in [0.1, 0.15) is 17.3 Å². The lowest BCUT2D eigenvalue weighted by Crippen LogP contribution is -2.21. The molecule has 19 heavy (non-hydrogen) atoms. The van der Waals surface area contributed by atoms with Crippen molar-refractivity contribution >= 4 is 0 Å². The van der Waals surface area contributed by atoms with Crippen LogP contribution >= 0.6 is 0 Å². The van der Waals surface area contributed by atoms with Crippen molar-refractivity contribution < 1.29 is 4.42 Å². The minimum atomic E-state index is 0.266. The van der Waals surface area contributed by atoms with Gasteiger partial charge in [0.25, 0.3) is 0 Å². The molecule has 0 fully saturated rings. The molecule has 4 nitrogen and oxygen atoms in total. The summed E-state index contributed by atoms with van der Waals surface area (Å²) in [7, 11) is 2.03. The number of aryl methyl sites for hydroxylation is 3. The maximum atomic E-state index is 5.86. The Labute approximate surface area is 114 Å². The third-order valence-corrected chi connectivity index (χ3v) is 3.40. The average molecular weight is 261 g/mol. The van der Waals surface area contributed by atoms with Crippen LogP contribution in [0.2, 0.25) is 0 Å². The molecular formula is C15H23N3O. The first-order valence-corrected chi connectivity index (χ1v) is 7.02. The van der Waals surface area contributed by atoms with Gasteiger partial charge in [0.05, 0.1) is 6.04 Å². The van der Waals surface area contributed by atoms with Crippen molar-refractivity contribution in [3.05, 3.63) is 41.9 Å². The van der Waals surface area contributed by atoms with Gasteiger partial charge < -0.3 is 14.3 Å². The molecule has 2 heterocycles. The highest BCUT2D eigenvalue weighted by Crippen LogP contribution is 2.21. The van der Waals surface area contributed by atoms with E-state index in [4.69, 9.17) is 4.42 Å². The highest BCUT2D eigenvalue weighted by atomic mass is 16.3. The first kappa shape index (κ1) is 13.9. The SMILES string of the molecule is CCNC(CCc1nccn1C)c1ccc(CC)o1. The van der Waals surface area contributed by atoms with Crippen molar-refractivity contribution in [2.45, 2.75) is 39.2 Å². The molecule has 2 aromatic rings. The fraction of sp³-hybridized carbons (Fsp3) is 0.533. The molecule has 1 unspecified atom stereocenters. The summed E-state index contributed by atoms with van der Waals surface area (Å²) in [5.41, 5.74) is 0. The maximum Gasteiger partial charge on any atom is 0.121 e. The molecule has 0 saturated carbocycles. The minimum absolute atomic E-state index is 0.266. The number of imidazole rings is 1. The van der Waals surface area contributed by atoms with Crippen molar-refractivity contribution in [1.29, 1.82) is 0 Å². The maximum absolute atomic E-state index is 5.86. The predicted molar refractivity (Wildman–Crippen MR) is 76.0 cm³/mol. The zero-order valence-corrected chi connectivity index (χ0v) is 12.0. The number of nitrogens with one attached hydrogen (secondary N) is 1. The summed E-state index contributed by atoms with van der Waals surface area (Å²) >= 11 is 0. The highest BCUT2D eigenvalue weighted by molar-refractivity contribution is 5.11. The quantitative estimate of drug-likeness (QED) is 0.833. The monoisotopic (exact) mass is 261 g/mol. The molecule has 0 aromatic carbocycles. The van der Waals surface area contributed by atoms with Gasteiger partial charge in [-0.3, -0.25) is 0 Å². The van der Waals surface area contributed by atoms with Gasteiger partial charge in [-0.25, -0.2) is 4.98 Å². The number of furan rings is 1. The molecule has 104 valence electrons. The Bertz CT molecular complexity index is 501. The number of hydrogen-bond donors (Lipinski definition) is 1. The van der Waals surface area contributed by atoms with Crippen molar-refractivity contribution in [1.82, 2.24) is 14.9 Å². The molecule has 0 amide bonds. The van der Waals surface area contributed by atoms with Crippen molar-refractivity contribution in [3.8, 4) is 0 Å². The molecular weight excluding hydrogens is 238 g/mol. The number of nitrogens with zero attached hydrogens (tertiary/aromatic N) is 2. The zero-order chi connectivity index (χ0) is 13.7. The van der Waals surface area contributed by atoms with Crippen LogP contribution < -0.4 is 5.32 Å². The van der Waals surface area contributed by atoms with Crippen LogP contribution in [0.4, 0.5) is 0 Å². The summed E-state index contributed by atoms with van der Waals surface area (Å²) in [5, 5.41) is 3.49. The first-order valence-electron chi connectivity index (χ1n) is 7.02. The van der Waals surface area contributed by atoms with Crippen LogP contribution in [0.25, 0.3) is 0 Å². The molecule has 0 spiro atoms. The molecule has 1 atom stereocenters. The van der Waals surface area contributed by atoms with Gasteiger partial charge in [0.15, 0.2) is 0 Å². The van der Waals surface area contributed by atoms with E-state index < -0.39 is 0 Å². The fourth-order valence-electron chi connectivity index (χ4n) is 2.27. The molecule has 0 saturated heterocycles. The summed E-state index contributed by atoms with van der Waals surface area (Å²) in [6, 6.07) is 4.42. The van der Waals surface area contributed by atoms with E-state index in [2.05, 4.69) is 40.8 Å². The third kappa shape index (κ3) is 3.47. The molecule has 2 rings (SSSR count). The van der Waals surface area contributed by atoms with Crippen LogP contribution in [0.5, 0.6) is 0 Å². The fourth-order valence-corrected chi connectivity index (χ4v) is 2.27. The van der Waals surface area contributed by atoms with Crippen molar-refractivity contribution in [2.24, 2.45) is 7.05 Å². The van der Waals surface area contributed by atoms with Gasteiger partial charge in [-0.15, -0.1) is 0 Å². The summed E-state index contributed by atoms with van der Waals surface area (Å²) in [6.45, 7) is 5.17. The highest BCUT2D eigenvalue weighted by Gasteiger charge is 2.15. The van der Waals surface area contributed by atoms with Crippen LogP contribution in [0.15, 0.2) is 28.9 Å². The van der Waals surface area contributed by atoms with Crippen LogP contribution in [-0.4, -0.2) is 16.1 Å². The van der Waals surface area contributed by atoms with Gasteiger partial charge in [0.2, 0.25) is 0 Å². The summed E-state index contributed by atoms with van der Waals surface area (Å²) in [6.07, 6.45) is 6.72. The Balaban J connectivity index is 2.01. The second-order valence-electron chi connectivity index (χ2n) is 4.76. The Morgan fingerprint density at radius 1 is 1.37 bits per heavy atom. The van der Waals surface area contributed by atoms with E-state index in [0.29, 0.717) is 0 Å². The summed E-state index contributed by atoms with van der Waals surface area (Å²) in [4.78, 5) is 4.37. The average Bonchev–Trinajstić information content (AvgIpc) is 3.03. The smallest absolute Gasteiger partial charge is 0.121 e. The van der Waals surface area contributed by atoms with Crippen LogP contribution in [0.3, 0.4) is 0 Å². The van der Waals surface area contributed by atoms with Gasteiger partial charge in [-0.2, -0.15) is 0 Å². The number of rotatable bonds is 7. The number of hydrogen-bond acceptors (Lipinski definition) is 3. The normalized spacial score (nSPS) is 12.8. The van der Waals surface area contributed by atoms with Gasteiger partial charge in [-0.1, -0.05) is 13.8 Å². The molecule has 2 aromatic heterocycles. The second kappa shape index (κ2) is 6.57. The van der Waals surface area contributed by atoms with E-state index >= 15 is 0 Å². The minimum Gasteiger partial charge on any atom is -0.464 e. The lowest BCUT2D eigenvalue weighted by atomic mass is 10.1. The molecule has 0 aliphatic heterocycles. The van der Waals surface area contributed by atoms with E-state index in [0.717, 1.165) is 43.2 Å². The van der Waals surface area contributed by atoms with Crippen molar-refractivity contribution in [3.63, 3.8) is 0 Å². The lowest BCUT2D eigenvalue weighted by Gasteiger charge is -2.15. The molecule has 0 aliphatic rings. The van der Waals surface area contributed by atoms with E-state index in [-0.39, 0.29) is 6.04 Å². The van der Waals surface area contributed by atoms with E-state index in [1.54, 1.807) is 0 Å². The van der Waals surface area contributed by atoms with E-state index in [1.165, 1.54) is 0 Å². The largest absolute Gasteiger partial charge is 0.464 e. The topological polar surface area (TPSA) is 43.0 Å². The number of aromatic nitrogens is 2. The van der Waals surface area contributed by atoms with Gasteiger partial charge in [0, 0.05) is 32.3 Å². The lowest BCUT2D eigenvalue weighted by molar-refractivity contribution is 0.382. The molecule has 4 heteroatoms. The Morgan fingerprint density at radius 2 is 2.21 bits per heavy atom. The Hall–Kier alpha value is -1.55. The van der Waals surface area contributed by atoms with Crippen LogP contribution in [-0.2, 0) is 19.9 Å². The molecule has 0 bridgehead atoms. The van der Waals surface area contributed by atoms with Crippen LogP contribution in [0.1, 0.15) is 43.7 Å². The van der Waals surface area contributed by atoms with Gasteiger partial charge in [-0.05, 0) is 25.1 Å². The third-order valence-electron chi connectivity index (χ3n) is 3.40. The molecule has 0 aliphatic carbocycles. The zero-order valence-electron chi connectivity index (χ0n) is 12.0. The molecule has 0 radical (unpaired) electrons. The summed E-state index contributed by atoms with van der Waals surface area (Å²) in [5.74, 6) is 3.20. The van der Waals surface area contributed by atoms with Gasteiger partial charge >= 0.3 is 0 Å². The standard InChI is InChI=1S/C15H23N3O/c1-4-12-6-8-14(19-12)13(16-5-2)7-9-15-17-10-11-18(15)3/h6,8,10-11,13,16H,4-5,7,9H2,1-3H3. The first-order chi connectivity index (χ1) is 9.24. The predicted octanol–water partition coefficient (Wildman–Crippen LogP) is 2.86. The van der Waals surface area contributed by atoms with E-state index in [1.807, 2.05) is 19.4 Å². The van der Waals surface area contributed by atoms with E-state index in [9.17, 15) is 0 Å². The Kier molecular flexibility index (Phi) is 4.80. The van der Waals surface area contributed by atoms with Crippen LogP contribution in [0, 0.1) is 0 Å². The molecule has 1 N–H and O–H groups in total. The van der Waals surface area contributed by atoms with Crippen molar-refractivity contribution in [2.75, 3.05) is 6.54 Å².